The highest BCUT2D eigenvalue weighted by Gasteiger charge is 2.28. The zero-order chi connectivity index (χ0) is 24.2. The Bertz CT molecular complexity index is 943. The molecule has 2 aromatic rings. The number of esters is 1. The van der Waals surface area contributed by atoms with Gasteiger partial charge in [-0.1, -0.05) is 61.4 Å². The SMILES string of the molecule is COC(=O)CCCCCCN1C(=O)CC[C@@H]1/C=C/C(O)c1cccc(COc2ccccc2)c1. The van der Waals surface area contributed by atoms with Crippen molar-refractivity contribution in [2.75, 3.05) is 13.7 Å². The van der Waals surface area contributed by atoms with Crippen LogP contribution >= 0.6 is 0 Å². The van der Waals surface area contributed by atoms with Gasteiger partial charge >= 0.3 is 5.97 Å². The lowest BCUT2D eigenvalue weighted by Gasteiger charge is -2.22. The number of amides is 1. The first-order valence-corrected chi connectivity index (χ1v) is 12.1. The molecule has 6 heteroatoms. The number of carbonyl (C=O) groups is 2. The Morgan fingerprint density at radius 2 is 1.91 bits per heavy atom. The van der Waals surface area contributed by atoms with Crippen LogP contribution in [0.1, 0.15) is 62.2 Å². The molecule has 1 amide bonds. The normalized spacial score (nSPS) is 16.7. The maximum Gasteiger partial charge on any atom is 0.305 e. The standard InChI is InChI=1S/C28H35NO5/c1-33-28(32)14-7-2-3-8-19-29-24(16-18-27(29)31)15-17-26(30)23-11-9-10-22(20-23)21-34-25-12-5-4-6-13-25/h4-6,9-13,15,17,20,24,26,30H,2-3,7-8,14,16,18-19,21H2,1H3/b17-15+/t24-,26?/m0/s1. The van der Waals surface area contributed by atoms with Crippen LogP contribution in [-0.2, 0) is 20.9 Å². The molecule has 182 valence electrons. The lowest BCUT2D eigenvalue weighted by atomic mass is 10.0. The summed E-state index contributed by atoms with van der Waals surface area (Å²) < 4.78 is 10.5. The summed E-state index contributed by atoms with van der Waals surface area (Å²) in [7, 11) is 1.41. The summed E-state index contributed by atoms with van der Waals surface area (Å²) in [4.78, 5) is 25.4. The number of ether oxygens (including phenoxy) is 2. The lowest BCUT2D eigenvalue weighted by molar-refractivity contribution is -0.140. The second kappa shape index (κ2) is 13.6. The van der Waals surface area contributed by atoms with Crippen LogP contribution in [0.2, 0.25) is 0 Å². The van der Waals surface area contributed by atoms with E-state index in [0.29, 0.717) is 26.0 Å². The molecule has 1 unspecified atom stereocenters. The first-order chi connectivity index (χ1) is 16.6. The number of rotatable bonds is 13. The Balaban J connectivity index is 1.47. The number of benzene rings is 2. The van der Waals surface area contributed by atoms with E-state index in [2.05, 4.69) is 4.74 Å². The van der Waals surface area contributed by atoms with E-state index in [9.17, 15) is 14.7 Å². The van der Waals surface area contributed by atoms with Crippen LogP contribution < -0.4 is 4.74 Å². The number of likely N-dealkylation sites (tertiary alicyclic amines) is 1. The number of hydrogen-bond donors (Lipinski definition) is 1. The summed E-state index contributed by atoms with van der Waals surface area (Å²) in [6, 6.07) is 17.4. The van der Waals surface area contributed by atoms with Crippen molar-refractivity contribution in [3.63, 3.8) is 0 Å². The van der Waals surface area contributed by atoms with Gasteiger partial charge in [0.25, 0.3) is 0 Å². The molecule has 1 saturated heterocycles. The van der Waals surface area contributed by atoms with Crippen molar-refractivity contribution in [3.05, 3.63) is 77.9 Å². The van der Waals surface area contributed by atoms with E-state index in [0.717, 1.165) is 49.0 Å². The van der Waals surface area contributed by atoms with E-state index in [1.165, 1.54) is 7.11 Å². The minimum atomic E-state index is -0.743. The first kappa shape index (κ1) is 25.5. The van der Waals surface area contributed by atoms with E-state index in [1.807, 2.05) is 65.6 Å². The molecule has 0 aromatic heterocycles. The van der Waals surface area contributed by atoms with Crippen LogP contribution in [0.15, 0.2) is 66.7 Å². The highest BCUT2D eigenvalue weighted by Crippen LogP contribution is 2.23. The van der Waals surface area contributed by atoms with Gasteiger partial charge in [0.05, 0.1) is 19.3 Å². The summed E-state index contributed by atoms with van der Waals surface area (Å²) in [6.07, 6.45) is 8.39. The highest BCUT2D eigenvalue weighted by molar-refractivity contribution is 5.79. The summed E-state index contributed by atoms with van der Waals surface area (Å²) in [5.74, 6) is 0.800. The molecule has 1 heterocycles. The molecule has 1 aliphatic heterocycles. The molecule has 0 saturated carbocycles. The molecule has 6 nitrogen and oxygen atoms in total. The van der Waals surface area contributed by atoms with Gasteiger partial charge < -0.3 is 19.5 Å². The predicted octanol–water partition coefficient (Wildman–Crippen LogP) is 4.97. The Morgan fingerprint density at radius 3 is 2.71 bits per heavy atom. The third-order valence-corrected chi connectivity index (χ3v) is 6.09. The molecule has 1 fully saturated rings. The number of aliphatic hydroxyl groups is 1. The van der Waals surface area contributed by atoms with Crippen molar-refractivity contribution < 1.29 is 24.2 Å². The van der Waals surface area contributed by atoms with Crippen molar-refractivity contribution >= 4 is 11.9 Å². The molecular formula is C28H35NO5. The third kappa shape index (κ3) is 8.03. The molecule has 2 aromatic carbocycles. The number of aliphatic hydroxyl groups excluding tert-OH is 1. The van der Waals surface area contributed by atoms with Crippen LogP contribution in [0, 0.1) is 0 Å². The van der Waals surface area contributed by atoms with E-state index < -0.39 is 6.10 Å². The van der Waals surface area contributed by atoms with Gasteiger partial charge in [0.2, 0.25) is 5.91 Å². The number of methoxy groups -OCH3 is 1. The van der Waals surface area contributed by atoms with Gasteiger partial charge in [0, 0.05) is 19.4 Å². The van der Waals surface area contributed by atoms with Gasteiger partial charge in [-0.2, -0.15) is 0 Å². The van der Waals surface area contributed by atoms with E-state index >= 15 is 0 Å². The summed E-state index contributed by atoms with van der Waals surface area (Å²) in [5.41, 5.74) is 1.78. The minimum Gasteiger partial charge on any atom is -0.489 e. The summed E-state index contributed by atoms with van der Waals surface area (Å²) in [5, 5.41) is 10.7. The fourth-order valence-corrected chi connectivity index (χ4v) is 4.15. The van der Waals surface area contributed by atoms with Crippen molar-refractivity contribution in [1.82, 2.24) is 4.90 Å². The maximum absolute atomic E-state index is 12.3. The van der Waals surface area contributed by atoms with Crippen molar-refractivity contribution in [2.24, 2.45) is 0 Å². The van der Waals surface area contributed by atoms with Crippen LogP contribution in [0.4, 0.5) is 0 Å². The number of hydrogen-bond acceptors (Lipinski definition) is 5. The number of nitrogens with zero attached hydrogens (tertiary/aromatic N) is 1. The minimum absolute atomic E-state index is 0.0156. The smallest absolute Gasteiger partial charge is 0.305 e. The Labute approximate surface area is 202 Å². The molecule has 0 spiro atoms. The maximum atomic E-state index is 12.3. The van der Waals surface area contributed by atoms with E-state index in [-0.39, 0.29) is 17.9 Å². The Hall–Kier alpha value is -3.12. The van der Waals surface area contributed by atoms with Crippen molar-refractivity contribution in [2.45, 2.75) is 63.7 Å². The molecule has 1 aliphatic rings. The molecule has 34 heavy (non-hydrogen) atoms. The predicted molar refractivity (Wildman–Crippen MR) is 131 cm³/mol. The van der Waals surface area contributed by atoms with Gasteiger partial charge in [-0.05, 0) is 48.6 Å². The quantitative estimate of drug-likeness (QED) is 0.257. The van der Waals surface area contributed by atoms with E-state index in [4.69, 9.17) is 4.74 Å². The zero-order valence-corrected chi connectivity index (χ0v) is 19.9. The highest BCUT2D eigenvalue weighted by atomic mass is 16.5. The van der Waals surface area contributed by atoms with Crippen molar-refractivity contribution in [3.8, 4) is 5.75 Å². The van der Waals surface area contributed by atoms with Gasteiger partial charge in [-0.3, -0.25) is 9.59 Å². The second-order valence-electron chi connectivity index (χ2n) is 8.61. The molecule has 3 rings (SSSR count). The van der Waals surface area contributed by atoms with Gasteiger partial charge in [0.1, 0.15) is 12.4 Å². The second-order valence-corrected chi connectivity index (χ2v) is 8.61. The molecule has 0 bridgehead atoms. The third-order valence-electron chi connectivity index (χ3n) is 6.09. The van der Waals surface area contributed by atoms with Crippen LogP contribution in [0.3, 0.4) is 0 Å². The molecule has 0 aliphatic carbocycles. The average Bonchev–Trinajstić information content (AvgIpc) is 3.23. The molecule has 0 radical (unpaired) electrons. The van der Waals surface area contributed by atoms with Crippen LogP contribution in [0.25, 0.3) is 0 Å². The lowest BCUT2D eigenvalue weighted by Crippen LogP contribution is -2.32. The van der Waals surface area contributed by atoms with Gasteiger partial charge in [-0.15, -0.1) is 0 Å². The Kier molecular flexibility index (Phi) is 10.2. The zero-order valence-electron chi connectivity index (χ0n) is 19.9. The number of para-hydroxylation sites is 1. The fourth-order valence-electron chi connectivity index (χ4n) is 4.15. The van der Waals surface area contributed by atoms with Crippen LogP contribution in [-0.4, -0.2) is 41.6 Å². The van der Waals surface area contributed by atoms with Crippen LogP contribution in [0.5, 0.6) is 5.75 Å². The van der Waals surface area contributed by atoms with Crippen molar-refractivity contribution in [1.29, 1.82) is 0 Å². The fraction of sp³-hybridized carbons (Fsp3) is 0.429. The topological polar surface area (TPSA) is 76.1 Å². The van der Waals surface area contributed by atoms with Gasteiger partial charge in [0.15, 0.2) is 0 Å². The molecule has 2 atom stereocenters. The van der Waals surface area contributed by atoms with E-state index in [1.54, 1.807) is 6.08 Å². The first-order valence-electron chi connectivity index (χ1n) is 12.1. The summed E-state index contributed by atoms with van der Waals surface area (Å²) >= 11 is 0. The Morgan fingerprint density at radius 1 is 1.12 bits per heavy atom. The largest absolute Gasteiger partial charge is 0.489 e. The van der Waals surface area contributed by atoms with Gasteiger partial charge in [-0.25, -0.2) is 0 Å². The molecule has 1 N–H and O–H groups in total. The molecular weight excluding hydrogens is 430 g/mol. The number of carbonyl (C=O) groups excluding carboxylic acids is 2. The average molecular weight is 466 g/mol. The monoisotopic (exact) mass is 465 g/mol. The summed E-state index contributed by atoms with van der Waals surface area (Å²) in [6.45, 7) is 1.13. The number of unbranched alkanes of at least 4 members (excludes halogenated alkanes) is 3.